The van der Waals surface area contributed by atoms with Crippen LogP contribution in [0.2, 0.25) is 10.2 Å². The number of aliphatic hydroxyl groups is 2. The third-order valence-electron chi connectivity index (χ3n) is 4.85. The number of hydrogen-bond donors (Lipinski definition) is 3. The molecular formula is C21H26Cl2N6O5S2. The van der Waals surface area contributed by atoms with Crippen molar-refractivity contribution in [1.29, 1.82) is 0 Å². The van der Waals surface area contributed by atoms with Gasteiger partial charge in [-0.1, -0.05) is 40.2 Å². The Hall–Kier alpha value is -1.84. The van der Waals surface area contributed by atoms with Gasteiger partial charge in [0.25, 0.3) is 5.91 Å². The summed E-state index contributed by atoms with van der Waals surface area (Å²) >= 11 is 14.6. The summed E-state index contributed by atoms with van der Waals surface area (Å²) < 4.78 is 13.4. The van der Waals surface area contributed by atoms with Gasteiger partial charge in [-0.3, -0.25) is 4.79 Å². The summed E-state index contributed by atoms with van der Waals surface area (Å²) in [7, 11) is 1.50. The standard InChI is InChI=1S/C21H26Cl2N6O5S2/c1-4-24-19(32)18-16(5-12(22)6-25-18)36-21(34-15(9-30)11(2)31)14(33-3)8-29-7-13(27-28-29)20-26-17(23)10-35-20/h5-7,10-11,14-15,21,30-31H,4,8-9H2,1-3H3,(H,24,32)/t11-,14+,15?,21?/m1/s1. The fourth-order valence-electron chi connectivity index (χ4n) is 3.04. The maximum atomic E-state index is 12.6. The van der Waals surface area contributed by atoms with Gasteiger partial charge in [-0.25, -0.2) is 14.6 Å². The van der Waals surface area contributed by atoms with Gasteiger partial charge in [-0.15, -0.1) is 16.4 Å². The molecular weight excluding hydrogens is 551 g/mol. The molecule has 1 amide bonds. The molecule has 15 heteroatoms. The maximum absolute atomic E-state index is 12.6. The molecule has 0 fully saturated rings. The largest absolute Gasteiger partial charge is 0.394 e. The van der Waals surface area contributed by atoms with Crippen molar-refractivity contribution in [2.24, 2.45) is 0 Å². The topological polar surface area (TPSA) is 145 Å². The molecule has 0 aliphatic heterocycles. The number of aliphatic hydroxyl groups excluding tert-OH is 2. The lowest BCUT2D eigenvalue weighted by molar-refractivity contribution is -0.105. The normalized spacial score (nSPS) is 14.9. The van der Waals surface area contributed by atoms with Crippen LogP contribution in [0, 0.1) is 0 Å². The van der Waals surface area contributed by atoms with Gasteiger partial charge >= 0.3 is 0 Å². The number of carbonyl (C=O) groups is 1. The van der Waals surface area contributed by atoms with Crippen molar-refractivity contribution in [3.8, 4) is 10.7 Å². The Kier molecular flexibility index (Phi) is 10.9. The Morgan fingerprint density at radius 2 is 2.14 bits per heavy atom. The second-order valence-electron chi connectivity index (χ2n) is 7.52. The Labute approximate surface area is 226 Å². The Morgan fingerprint density at radius 3 is 2.75 bits per heavy atom. The van der Waals surface area contributed by atoms with Crippen molar-refractivity contribution >= 4 is 52.2 Å². The SMILES string of the molecule is CCNC(=O)c1ncc(Cl)cc1SC(OC(CO)[C@@H](C)O)[C@H](Cn1cc(-c2nc(Cl)cs2)nn1)OC. The van der Waals surface area contributed by atoms with E-state index in [1.807, 2.05) is 0 Å². The quantitative estimate of drug-likeness (QED) is 0.205. The van der Waals surface area contributed by atoms with Gasteiger partial charge in [-0.05, 0) is 19.9 Å². The summed E-state index contributed by atoms with van der Waals surface area (Å²) in [4.78, 5) is 21.4. The number of thiazole rings is 1. The lowest BCUT2D eigenvalue weighted by Crippen LogP contribution is -2.40. The molecule has 3 rings (SSSR count). The number of aromatic nitrogens is 5. The van der Waals surface area contributed by atoms with Gasteiger partial charge in [0, 0.05) is 30.1 Å². The molecule has 0 spiro atoms. The number of halogens is 2. The van der Waals surface area contributed by atoms with E-state index in [9.17, 15) is 15.0 Å². The minimum Gasteiger partial charge on any atom is -0.394 e. The third-order valence-corrected chi connectivity index (χ3v) is 7.46. The molecule has 0 saturated heterocycles. The molecule has 0 aliphatic rings. The summed E-state index contributed by atoms with van der Waals surface area (Å²) in [6.07, 6.45) is 0.543. The molecule has 36 heavy (non-hydrogen) atoms. The molecule has 196 valence electrons. The first-order valence-corrected chi connectivity index (χ1v) is 13.4. The molecule has 0 saturated carbocycles. The third kappa shape index (κ3) is 7.59. The highest BCUT2D eigenvalue weighted by molar-refractivity contribution is 8.00. The Morgan fingerprint density at radius 1 is 1.36 bits per heavy atom. The highest BCUT2D eigenvalue weighted by Crippen LogP contribution is 2.33. The number of carbonyl (C=O) groups excluding carboxylic acids is 1. The number of hydrogen-bond acceptors (Lipinski definition) is 11. The van der Waals surface area contributed by atoms with E-state index in [4.69, 9.17) is 32.7 Å². The van der Waals surface area contributed by atoms with Crippen molar-refractivity contribution in [2.45, 2.75) is 49.0 Å². The van der Waals surface area contributed by atoms with Crippen molar-refractivity contribution in [3.05, 3.63) is 39.7 Å². The average molecular weight is 578 g/mol. The van der Waals surface area contributed by atoms with Crippen LogP contribution in [0.5, 0.6) is 0 Å². The molecule has 0 aromatic carbocycles. The molecule has 11 nitrogen and oxygen atoms in total. The molecule has 3 heterocycles. The fraction of sp³-hybridized carbons (Fsp3) is 0.476. The van der Waals surface area contributed by atoms with Crippen LogP contribution < -0.4 is 5.32 Å². The molecule has 0 aliphatic carbocycles. The number of nitrogens with one attached hydrogen (secondary N) is 1. The van der Waals surface area contributed by atoms with E-state index in [2.05, 4.69) is 25.6 Å². The Balaban J connectivity index is 1.90. The van der Waals surface area contributed by atoms with Crippen molar-refractivity contribution in [1.82, 2.24) is 30.3 Å². The average Bonchev–Trinajstić information content (AvgIpc) is 3.49. The van der Waals surface area contributed by atoms with Crippen LogP contribution in [0.15, 0.2) is 28.7 Å². The first-order valence-electron chi connectivity index (χ1n) is 10.8. The van der Waals surface area contributed by atoms with Crippen molar-refractivity contribution in [3.63, 3.8) is 0 Å². The summed E-state index contributed by atoms with van der Waals surface area (Å²) in [5, 5.41) is 33.9. The number of amides is 1. The van der Waals surface area contributed by atoms with Gasteiger partial charge in [-0.2, -0.15) is 0 Å². The second kappa shape index (κ2) is 13.6. The number of thioether (sulfide) groups is 1. The number of pyridine rings is 1. The fourth-order valence-corrected chi connectivity index (χ4v) is 5.40. The van der Waals surface area contributed by atoms with Gasteiger partial charge in [0.2, 0.25) is 0 Å². The molecule has 3 aromatic rings. The molecule has 3 aromatic heterocycles. The van der Waals surface area contributed by atoms with Gasteiger partial charge in [0.05, 0.1) is 30.5 Å². The van der Waals surface area contributed by atoms with Crippen molar-refractivity contribution < 1.29 is 24.5 Å². The number of ether oxygens (including phenoxy) is 2. The number of methoxy groups -OCH3 is 1. The number of nitrogens with zero attached hydrogens (tertiary/aromatic N) is 5. The highest BCUT2D eigenvalue weighted by Gasteiger charge is 2.31. The molecule has 3 N–H and O–H groups in total. The molecule has 0 radical (unpaired) electrons. The van der Waals surface area contributed by atoms with Crippen LogP contribution in [0.25, 0.3) is 10.7 Å². The predicted molar refractivity (Wildman–Crippen MR) is 137 cm³/mol. The van der Waals surface area contributed by atoms with E-state index in [-0.39, 0.29) is 18.1 Å². The van der Waals surface area contributed by atoms with E-state index in [0.717, 1.165) is 11.8 Å². The smallest absolute Gasteiger partial charge is 0.271 e. The maximum Gasteiger partial charge on any atom is 0.271 e. The van der Waals surface area contributed by atoms with Crippen LogP contribution in [-0.4, -0.2) is 85.1 Å². The predicted octanol–water partition coefficient (Wildman–Crippen LogP) is 2.74. The van der Waals surface area contributed by atoms with Crippen LogP contribution in [0.3, 0.4) is 0 Å². The van der Waals surface area contributed by atoms with Gasteiger partial charge in [0.15, 0.2) is 0 Å². The molecule has 2 unspecified atom stereocenters. The Bertz CT molecular complexity index is 1150. The van der Waals surface area contributed by atoms with Gasteiger partial charge < -0.3 is 25.0 Å². The van der Waals surface area contributed by atoms with Crippen LogP contribution in [0.4, 0.5) is 0 Å². The lowest BCUT2D eigenvalue weighted by Gasteiger charge is -2.30. The molecule has 0 bridgehead atoms. The van der Waals surface area contributed by atoms with E-state index < -0.39 is 30.4 Å². The van der Waals surface area contributed by atoms with E-state index in [0.29, 0.717) is 32.3 Å². The summed E-state index contributed by atoms with van der Waals surface area (Å²) in [5.74, 6) is -0.373. The minimum atomic E-state index is -0.969. The monoisotopic (exact) mass is 576 g/mol. The minimum absolute atomic E-state index is 0.163. The second-order valence-corrected chi connectivity index (χ2v) is 10.3. The zero-order valence-electron chi connectivity index (χ0n) is 19.7. The summed E-state index contributed by atoms with van der Waals surface area (Å²) in [6.45, 7) is 3.49. The van der Waals surface area contributed by atoms with Crippen LogP contribution in [-0.2, 0) is 16.0 Å². The van der Waals surface area contributed by atoms with Gasteiger partial charge in [0.1, 0.15) is 39.2 Å². The first kappa shape index (κ1) is 28.7. The van der Waals surface area contributed by atoms with Crippen LogP contribution >= 0.6 is 46.3 Å². The molecule has 4 atom stereocenters. The van der Waals surface area contributed by atoms with E-state index >= 15 is 0 Å². The number of rotatable bonds is 13. The van der Waals surface area contributed by atoms with E-state index in [1.165, 1.54) is 31.6 Å². The summed E-state index contributed by atoms with van der Waals surface area (Å²) in [6, 6.07) is 1.60. The van der Waals surface area contributed by atoms with Crippen LogP contribution in [0.1, 0.15) is 24.3 Å². The zero-order valence-corrected chi connectivity index (χ0v) is 22.8. The lowest BCUT2D eigenvalue weighted by atomic mass is 10.2. The summed E-state index contributed by atoms with van der Waals surface area (Å²) in [5.41, 5.74) is -0.102. The zero-order chi connectivity index (χ0) is 26.2. The van der Waals surface area contributed by atoms with E-state index in [1.54, 1.807) is 29.2 Å². The first-order chi connectivity index (χ1) is 17.2. The highest BCUT2D eigenvalue weighted by atomic mass is 35.5. The van der Waals surface area contributed by atoms with Crippen molar-refractivity contribution in [2.75, 3.05) is 20.3 Å².